The Morgan fingerprint density at radius 3 is 2.41 bits per heavy atom. The smallest absolute Gasteiger partial charge is 0.255 e. The second kappa shape index (κ2) is 9.38. The van der Waals surface area contributed by atoms with Crippen molar-refractivity contribution in [3.63, 3.8) is 0 Å². The molecule has 1 amide bonds. The fourth-order valence-corrected chi connectivity index (χ4v) is 3.68. The minimum absolute atomic E-state index is 0.0230. The van der Waals surface area contributed by atoms with Gasteiger partial charge in [0.25, 0.3) is 5.91 Å². The first-order chi connectivity index (χ1) is 12.9. The minimum atomic E-state index is -3.55. The van der Waals surface area contributed by atoms with E-state index in [1.54, 1.807) is 25.1 Å². The summed E-state index contributed by atoms with van der Waals surface area (Å²) in [4.78, 5) is 12.3. The van der Waals surface area contributed by atoms with Gasteiger partial charge in [-0.25, -0.2) is 13.1 Å². The lowest BCUT2D eigenvalue weighted by molar-refractivity contribution is 0.0953. The van der Waals surface area contributed by atoms with Crippen molar-refractivity contribution in [2.24, 2.45) is 0 Å². The summed E-state index contributed by atoms with van der Waals surface area (Å²) in [6, 6.07) is 13.7. The molecule has 0 saturated carbocycles. The molecule has 0 aliphatic heterocycles. The van der Waals surface area contributed by atoms with Crippen LogP contribution in [0, 0.1) is 0 Å². The first-order valence-electron chi connectivity index (χ1n) is 8.41. The van der Waals surface area contributed by atoms with Crippen LogP contribution in [-0.4, -0.2) is 40.8 Å². The van der Waals surface area contributed by atoms with Crippen LogP contribution in [0.5, 0.6) is 11.5 Å². The Morgan fingerprint density at radius 2 is 1.78 bits per heavy atom. The highest BCUT2D eigenvalue weighted by Gasteiger charge is 2.17. The van der Waals surface area contributed by atoms with Crippen molar-refractivity contribution >= 4 is 15.9 Å². The van der Waals surface area contributed by atoms with Gasteiger partial charge in [-0.3, -0.25) is 4.79 Å². The Morgan fingerprint density at radius 1 is 1.07 bits per heavy atom. The molecule has 0 spiro atoms. The van der Waals surface area contributed by atoms with Crippen LogP contribution in [0.1, 0.15) is 28.9 Å². The van der Waals surface area contributed by atoms with E-state index in [2.05, 4.69) is 10.0 Å². The Hall–Kier alpha value is -2.58. The molecular weight excluding hydrogens is 368 g/mol. The largest absolute Gasteiger partial charge is 0.497 e. The van der Waals surface area contributed by atoms with E-state index in [-0.39, 0.29) is 18.3 Å². The maximum atomic E-state index is 12.3. The van der Waals surface area contributed by atoms with Crippen molar-refractivity contribution in [2.45, 2.75) is 13.0 Å². The Balaban J connectivity index is 1.92. The van der Waals surface area contributed by atoms with Gasteiger partial charge < -0.3 is 14.8 Å². The molecule has 7 nitrogen and oxygen atoms in total. The van der Waals surface area contributed by atoms with Gasteiger partial charge in [0.2, 0.25) is 10.0 Å². The number of carbonyl (C=O) groups excluding carboxylic acids is 1. The number of methoxy groups -OCH3 is 2. The predicted octanol–water partition coefficient (Wildman–Crippen LogP) is 2.11. The van der Waals surface area contributed by atoms with Gasteiger partial charge in [-0.05, 0) is 24.6 Å². The quantitative estimate of drug-likeness (QED) is 0.682. The van der Waals surface area contributed by atoms with Gasteiger partial charge in [-0.1, -0.05) is 30.3 Å². The molecule has 2 aromatic carbocycles. The summed E-state index contributed by atoms with van der Waals surface area (Å²) in [6.45, 7) is 1.75. The lowest BCUT2D eigenvalue weighted by atomic mass is 10.1. The second-order valence-corrected chi connectivity index (χ2v) is 7.76. The monoisotopic (exact) mass is 392 g/mol. The predicted molar refractivity (Wildman–Crippen MR) is 104 cm³/mol. The minimum Gasteiger partial charge on any atom is -0.497 e. The van der Waals surface area contributed by atoms with Crippen molar-refractivity contribution in [3.05, 3.63) is 59.7 Å². The van der Waals surface area contributed by atoms with Crippen molar-refractivity contribution in [1.82, 2.24) is 10.0 Å². The molecule has 0 unspecified atom stereocenters. The average Bonchev–Trinajstić information content (AvgIpc) is 2.67. The van der Waals surface area contributed by atoms with Crippen LogP contribution >= 0.6 is 0 Å². The molecule has 0 heterocycles. The van der Waals surface area contributed by atoms with Gasteiger partial charge in [0, 0.05) is 18.7 Å². The fraction of sp³-hybridized carbons (Fsp3) is 0.316. The maximum Gasteiger partial charge on any atom is 0.255 e. The Labute approximate surface area is 159 Å². The molecule has 0 aliphatic carbocycles. The summed E-state index contributed by atoms with van der Waals surface area (Å²) < 4.78 is 37.4. The molecule has 0 radical (unpaired) electrons. The number of nitrogens with one attached hydrogen (secondary N) is 2. The van der Waals surface area contributed by atoms with Crippen LogP contribution in [0.25, 0.3) is 0 Å². The van der Waals surface area contributed by atoms with E-state index in [0.717, 1.165) is 5.56 Å². The zero-order valence-electron chi connectivity index (χ0n) is 15.6. The van der Waals surface area contributed by atoms with Crippen LogP contribution in [0.15, 0.2) is 48.5 Å². The summed E-state index contributed by atoms with van der Waals surface area (Å²) in [5.74, 6) is 0.269. The molecule has 2 aromatic rings. The first-order valence-corrected chi connectivity index (χ1v) is 10.1. The third-order valence-corrected chi connectivity index (χ3v) is 5.42. The molecule has 0 aliphatic rings. The number of ether oxygens (including phenoxy) is 2. The molecular formula is C19H24N2O5S. The van der Waals surface area contributed by atoms with Crippen LogP contribution in [0.4, 0.5) is 0 Å². The first kappa shape index (κ1) is 20.7. The zero-order chi connectivity index (χ0) is 19.9. The number of hydrogen-bond acceptors (Lipinski definition) is 5. The topological polar surface area (TPSA) is 93.7 Å². The number of rotatable bonds is 9. The highest BCUT2D eigenvalue weighted by Crippen LogP contribution is 2.24. The zero-order valence-corrected chi connectivity index (χ0v) is 16.4. The number of sulfonamides is 1. The molecule has 146 valence electrons. The maximum absolute atomic E-state index is 12.3. The van der Waals surface area contributed by atoms with E-state index < -0.39 is 15.9 Å². The fourth-order valence-electron chi connectivity index (χ4n) is 2.52. The van der Waals surface area contributed by atoms with Gasteiger partial charge in [-0.2, -0.15) is 0 Å². The third kappa shape index (κ3) is 5.97. The van der Waals surface area contributed by atoms with Crippen LogP contribution in [0.2, 0.25) is 0 Å². The number of hydrogen-bond donors (Lipinski definition) is 2. The lowest BCUT2D eigenvalue weighted by Crippen LogP contribution is -2.35. The molecule has 2 rings (SSSR count). The van der Waals surface area contributed by atoms with Crippen molar-refractivity contribution < 1.29 is 22.7 Å². The second-order valence-electron chi connectivity index (χ2n) is 5.89. The van der Waals surface area contributed by atoms with Gasteiger partial charge in [0.05, 0.1) is 25.5 Å². The van der Waals surface area contributed by atoms with E-state index in [1.165, 1.54) is 14.2 Å². The van der Waals surface area contributed by atoms with Gasteiger partial charge in [0.1, 0.15) is 11.5 Å². The summed E-state index contributed by atoms with van der Waals surface area (Å²) >= 11 is 0. The SMILES string of the molecule is COc1ccc(C(=O)NCCS(=O)(=O)N[C@@H](C)c2ccccc2)c(OC)c1. The van der Waals surface area contributed by atoms with Crippen molar-refractivity contribution in [3.8, 4) is 11.5 Å². The Bertz CT molecular complexity index is 869. The molecule has 2 N–H and O–H groups in total. The molecule has 8 heteroatoms. The van der Waals surface area contributed by atoms with Gasteiger partial charge >= 0.3 is 0 Å². The normalized spacial score (nSPS) is 12.3. The number of benzene rings is 2. The average molecular weight is 392 g/mol. The van der Waals surface area contributed by atoms with E-state index in [4.69, 9.17) is 9.47 Å². The van der Waals surface area contributed by atoms with Gasteiger partial charge in [-0.15, -0.1) is 0 Å². The van der Waals surface area contributed by atoms with Gasteiger partial charge in [0.15, 0.2) is 0 Å². The number of amides is 1. The third-order valence-electron chi connectivity index (χ3n) is 3.97. The van der Waals surface area contributed by atoms with E-state index in [1.807, 2.05) is 30.3 Å². The molecule has 0 fully saturated rings. The molecule has 0 bridgehead atoms. The molecule has 0 aromatic heterocycles. The Kier molecular flexibility index (Phi) is 7.20. The molecule has 27 heavy (non-hydrogen) atoms. The van der Waals surface area contributed by atoms with Crippen molar-refractivity contribution in [1.29, 1.82) is 0 Å². The van der Waals surface area contributed by atoms with E-state index in [0.29, 0.717) is 17.1 Å². The summed E-state index contributed by atoms with van der Waals surface area (Å²) in [5.41, 5.74) is 1.18. The molecule has 1 atom stereocenters. The summed E-state index contributed by atoms with van der Waals surface area (Å²) in [6.07, 6.45) is 0. The standard InChI is InChI=1S/C19H24N2O5S/c1-14(15-7-5-4-6-8-15)21-27(23,24)12-11-20-19(22)17-10-9-16(25-2)13-18(17)26-3/h4-10,13-14,21H,11-12H2,1-3H3,(H,20,22)/t14-/m0/s1. The van der Waals surface area contributed by atoms with Crippen LogP contribution < -0.4 is 19.5 Å². The van der Waals surface area contributed by atoms with Crippen LogP contribution in [0.3, 0.4) is 0 Å². The van der Waals surface area contributed by atoms with Crippen LogP contribution in [-0.2, 0) is 10.0 Å². The van der Waals surface area contributed by atoms with E-state index in [9.17, 15) is 13.2 Å². The summed E-state index contributed by atoms with van der Waals surface area (Å²) in [5, 5.41) is 2.60. The highest BCUT2D eigenvalue weighted by atomic mass is 32.2. The van der Waals surface area contributed by atoms with Crippen molar-refractivity contribution in [2.75, 3.05) is 26.5 Å². The lowest BCUT2D eigenvalue weighted by Gasteiger charge is -2.15. The summed E-state index contributed by atoms with van der Waals surface area (Å²) in [7, 11) is -0.583. The van der Waals surface area contributed by atoms with E-state index >= 15 is 0 Å². The highest BCUT2D eigenvalue weighted by molar-refractivity contribution is 7.89. The number of carbonyl (C=O) groups is 1. The molecule has 0 saturated heterocycles.